The molecule has 130 valence electrons. The lowest BCUT2D eigenvalue weighted by Gasteiger charge is -2.29. The van der Waals surface area contributed by atoms with Crippen LogP contribution in [0.1, 0.15) is 54.9 Å². The zero-order valence-electron chi connectivity index (χ0n) is 15.1. The summed E-state index contributed by atoms with van der Waals surface area (Å²) in [6, 6.07) is 0. The molecule has 0 aliphatic carbocycles. The highest BCUT2D eigenvalue weighted by molar-refractivity contribution is 6.63. The van der Waals surface area contributed by atoms with Crippen LogP contribution in [0, 0.1) is 5.41 Å². The molecule has 0 atom stereocenters. The van der Waals surface area contributed by atoms with Gasteiger partial charge in [0.25, 0.3) is 0 Å². The van der Waals surface area contributed by atoms with Crippen molar-refractivity contribution in [1.82, 2.24) is 4.90 Å². The number of carbonyl (C=O) groups is 3. The van der Waals surface area contributed by atoms with Crippen LogP contribution >= 0.6 is 0 Å². The molecule has 0 aromatic rings. The number of nitrogens with zero attached hydrogens (tertiary/aromatic N) is 3. The highest BCUT2D eigenvalue weighted by Gasteiger charge is 2.33. The van der Waals surface area contributed by atoms with E-state index in [2.05, 4.69) is 4.79 Å². The molecule has 0 bridgehead atoms. The second-order valence-corrected chi connectivity index (χ2v) is 7.63. The molecule has 0 saturated heterocycles. The molecule has 0 aliphatic rings. The Bertz CT molecular complexity index is 520. The minimum absolute atomic E-state index is 0.00426. The van der Waals surface area contributed by atoms with Crippen molar-refractivity contribution in [2.75, 3.05) is 13.1 Å². The van der Waals surface area contributed by atoms with Gasteiger partial charge in [0.15, 0.2) is 0 Å². The summed E-state index contributed by atoms with van der Waals surface area (Å²) < 4.78 is 5.21. The van der Waals surface area contributed by atoms with Crippen LogP contribution in [0.5, 0.6) is 0 Å². The minimum atomic E-state index is -0.696. The van der Waals surface area contributed by atoms with Crippen LogP contribution in [-0.4, -0.2) is 51.8 Å². The van der Waals surface area contributed by atoms with Crippen molar-refractivity contribution in [2.24, 2.45) is 5.41 Å². The summed E-state index contributed by atoms with van der Waals surface area (Å²) in [7, 11) is 0. The topological polar surface area (TPSA) is 100 Å². The van der Waals surface area contributed by atoms with Crippen molar-refractivity contribution in [3.05, 3.63) is 5.53 Å². The third-order valence-electron chi connectivity index (χ3n) is 2.59. The molecule has 1 amide bonds. The molecule has 0 spiro atoms. The third-order valence-corrected chi connectivity index (χ3v) is 2.59. The van der Waals surface area contributed by atoms with Gasteiger partial charge in [-0.05, 0) is 26.2 Å². The van der Waals surface area contributed by atoms with E-state index in [4.69, 9.17) is 10.3 Å². The smallest absolute Gasteiger partial charge is 0.421 e. The van der Waals surface area contributed by atoms with E-state index in [1.807, 2.05) is 20.8 Å². The summed E-state index contributed by atoms with van der Waals surface area (Å²) in [5.74, 6) is -1.76. The fourth-order valence-corrected chi connectivity index (χ4v) is 1.86. The molecule has 0 aromatic carbocycles. The number of esters is 1. The summed E-state index contributed by atoms with van der Waals surface area (Å²) in [6.07, 6.45) is -0.00426. The van der Waals surface area contributed by atoms with Crippen LogP contribution < -0.4 is 0 Å². The van der Waals surface area contributed by atoms with Gasteiger partial charge < -0.3 is 15.2 Å². The largest absolute Gasteiger partial charge is 0.460 e. The SMILES string of the molecule is CC(=O)C(=[N+]=[N-])C(=O)N(CCC(=O)OC(C)(C)C)CC(C)(C)C. The van der Waals surface area contributed by atoms with E-state index >= 15 is 0 Å². The van der Waals surface area contributed by atoms with Crippen molar-refractivity contribution in [3.8, 4) is 0 Å². The number of amides is 1. The van der Waals surface area contributed by atoms with Crippen molar-refractivity contribution in [1.29, 1.82) is 0 Å². The van der Waals surface area contributed by atoms with Crippen molar-refractivity contribution in [2.45, 2.75) is 60.5 Å². The van der Waals surface area contributed by atoms with E-state index in [-0.39, 0.29) is 18.4 Å². The number of carbonyl (C=O) groups excluding carboxylic acids is 3. The standard InChI is InChI=1S/C16H27N3O4/c1-11(20)13(18-17)14(22)19(10-15(2,3)4)9-8-12(21)23-16(5,6)7/h8-10H2,1-7H3. The molecule has 0 fully saturated rings. The average Bonchev–Trinajstić information content (AvgIpc) is 2.31. The highest BCUT2D eigenvalue weighted by atomic mass is 16.6. The zero-order valence-corrected chi connectivity index (χ0v) is 15.1. The van der Waals surface area contributed by atoms with Crippen molar-refractivity contribution >= 4 is 23.4 Å². The van der Waals surface area contributed by atoms with E-state index in [0.717, 1.165) is 6.92 Å². The number of Topliss-reactive ketones (excluding diaryl/α,β-unsaturated/α-hetero) is 1. The van der Waals surface area contributed by atoms with E-state index in [1.54, 1.807) is 20.8 Å². The summed E-state index contributed by atoms with van der Waals surface area (Å²) in [5, 5.41) is 0. The fourth-order valence-electron chi connectivity index (χ4n) is 1.86. The number of ketones is 1. The molecule has 0 N–H and O–H groups in total. The van der Waals surface area contributed by atoms with Crippen LogP contribution in [0.25, 0.3) is 5.53 Å². The van der Waals surface area contributed by atoms with E-state index < -0.39 is 29.0 Å². The molecular weight excluding hydrogens is 298 g/mol. The molecule has 0 heterocycles. The molecule has 23 heavy (non-hydrogen) atoms. The monoisotopic (exact) mass is 325 g/mol. The predicted molar refractivity (Wildman–Crippen MR) is 85.8 cm³/mol. The number of hydrogen-bond donors (Lipinski definition) is 0. The van der Waals surface area contributed by atoms with Gasteiger partial charge >= 0.3 is 17.6 Å². The van der Waals surface area contributed by atoms with Crippen molar-refractivity contribution in [3.63, 3.8) is 0 Å². The zero-order chi connectivity index (χ0) is 18.4. The van der Waals surface area contributed by atoms with E-state index in [9.17, 15) is 14.4 Å². The maximum atomic E-state index is 12.4. The van der Waals surface area contributed by atoms with Crippen LogP contribution in [0.15, 0.2) is 0 Å². The first-order valence-corrected chi connectivity index (χ1v) is 7.51. The van der Waals surface area contributed by atoms with Gasteiger partial charge in [-0.15, -0.1) is 0 Å². The first-order valence-electron chi connectivity index (χ1n) is 7.51. The molecule has 0 aliphatic heterocycles. The Morgan fingerprint density at radius 2 is 1.61 bits per heavy atom. The van der Waals surface area contributed by atoms with Gasteiger partial charge in [0, 0.05) is 20.0 Å². The Morgan fingerprint density at radius 3 is 1.96 bits per heavy atom. The van der Waals surface area contributed by atoms with E-state index in [1.165, 1.54) is 4.90 Å². The van der Waals surface area contributed by atoms with Gasteiger partial charge in [-0.1, -0.05) is 20.8 Å². The second kappa shape index (κ2) is 8.02. The van der Waals surface area contributed by atoms with E-state index in [0.29, 0.717) is 6.54 Å². The van der Waals surface area contributed by atoms with Crippen LogP contribution in [-0.2, 0) is 19.1 Å². The molecule has 0 unspecified atom stereocenters. The molecule has 0 aromatic heterocycles. The van der Waals surface area contributed by atoms with Crippen LogP contribution in [0.4, 0.5) is 0 Å². The first kappa shape index (κ1) is 21.0. The molecule has 7 heteroatoms. The lowest BCUT2D eigenvalue weighted by atomic mass is 9.95. The van der Waals surface area contributed by atoms with Crippen molar-refractivity contribution < 1.29 is 23.9 Å². The fraction of sp³-hybridized carbons (Fsp3) is 0.750. The Kier molecular flexibility index (Phi) is 7.31. The van der Waals surface area contributed by atoms with Gasteiger partial charge in [-0.3, -0.25) is 14.4 Å². The summed E-state index contributed by atoms with van der Waals surface area (Å²) in [4.78, 5) is 39.7. The Balaban J connectivity index is 5.11. The number of ether oxygens (including phenoxy) is 1. The lowest BCUT2D eigenvalue weighted by molar-refractivity contribution is -0.155. The highest BCUT2D eigenvalue weighted by Crippen LogP contribution is 2.16. The second-order valence-electron chi connectivity index (χ2n) is 7.63. The first-order chi connectivity index (χ1) is 10.3. The molecule has 0 radical (unpaired) electrons. The maximum absolute atomic E-state index is 12.4. The lowest BCUT2D eigenvalue weighted by Crippen LogP contribution is -2.45. The van der Waals surface area contributed by atoms with Gasteiger partial charge in [0.1, 0.15) is 5.60 Å². The number of rotatable bonds is 6. The van der Waals surface area contributed by atoms with Gasteiger partial charge in [0.2, 0.25) is 5.78 Å². The van der Waals surface area contributed by atoms with Crippen LogP contribution in [0.2, 0.25) is 0 Å². The number of hydrogen-bond acceptors (Lipinski definition) is 4. The third kappa shape index (κ3) is 8.88. The quantitative estimate of drug-likeness (QED) is 0.244. The average molecular weight is 325 g/mol. The normalized spacial score (nSPS) is 11.4. The van der Waals surface area contributed by atoms with Gasteiger partial charge in [0.05, 0.1) is 6.42 Å². The summed E-state index contributed by atoms with van der Waals surface area (Å²) in [6.45, 7) is 12.6. The van der Waals surface area contributed by atoms with Gasteiger partial charge in [-0.2, -0.15) is 4.79 Å². The molecule has 0 saturated carbocycles. The van der Waals surface area contributed by atoms with Crippen LogP contribution in [0.3, 0.4) is 0 Å². The molecule has 7 nitrogen and oxygen atoms in total. The minimum Gasteiger partial charge on any atom is -0.460 e. The summed E-state index contributed by atoms with van der Waals surface area (Å²) >= 11 is 0. The summed E-state index contributed by atoms with van der Waals surface area (Å²) in [5.41, 5.74) is 7.48. The Morgan fingerprint density at radius 1 is 1.09 bits per heavy atom. The Labute approximate surface area is 137 Å². The molecule has 0 rings (SSSR count). The Hall–Kier alpha value is -2.01. The molecular formula is C16H27N3O4. The predicted octanol–water partition coefficient (Wildman–Crippen LogP) is 1.85. The van der Waals surface area contributed by atoms with Gasteiger partial charge in [-0.25, -0.2) is 0 Å². The maximum Gasteiger partial charge on any atom is 0.421 e.